The molecule has 1 aromatic heterocycles. The summed E-state index contributed by atoms with van der Waals surface area (Å²) in [5.41, 5.74) is 1.40. The van der Waals surface area contributed by atoms with Crippen molar-refractivity contribution in [2.75, 3.05) is 6.54 Å². The minimum atomic E-state index is 0.679. The minimum absolute atomic E-state index is 0.679. The number of aromatic nitrogens is 1. The van der Waals surface area contributed by atoms with E-state index in [4.69, 9.17) is 0 Å². The number of hydrogen-bond donors (Lipinski definition) is 1. The zero-order chi connectivity index (χ0) is 11.6. The van der Waals surface area contributed by atoms with Crippen molar-refractivity contribution in [2.45, 2.75) is 52.0 Å². The maximum Gasteiger partial charge on any atom is 0.0270 e. The number of pyridine rings is 1. The molecule has 0 aliphatic heterocycles. The van der Waals surface area contributed by atoms with Crippen LogP contribution < -0.4 is 5.32 Å². The van der Waals surface area contributed by atoms with Gasteiger partial charge in [0.1, 0.15) is 0 Å². The summed E-state index contributed by atoms with van der Waals surface area (Å²) in [6.45, 7) is 5.62. The van der Waals surface area contributed by atoms with Crippen molar-refractivity contribution in [1.82, 2.24) is 10.3 Å². The summed E-state index contributed by atoms with van der Waals surface area (Å²) in [4.78, 5) is 4.04. The number of rotatable bonds is 8. The fourth-order valence-corrected chi connectivity index (χ4v) is 1.94. The van der Waals surface area contributed by atoms with Crippen LogP contribution in [0.2, 0.25) is 0 Å². The molecule has 0 aliphatic rings. The largest absolute Gasteiger partial charge is 0.314 e. The number of nitrogens with zero attached hydrogens (tertiary/aromatic N) is 1. The Morgan fingerprint density at radius 1 is 1.12 bits per heavy atom. The van der Waals surface area contributed by atoms with Gasteiger partial charge in [-0.05, 0) is 49.9 Å². The van der Waals surface area contributed by atoms with E-state index in [0.29, 0.717) is 6.04 Å². The fraction of sp³-hybridized carbons (Fsp3) is 0.643. The average molecular weight is 220 g/mol. The Hall–Kier alpha value is -0.890. The molecule has 1 rings (SSSR count). The standard InChI is InChI=1S/C14H24N2/c1-3-5-14(16-10-4-2)7-6-13-8-11-15-12-9-13/h8-9,11-12,14,16H,3-7,10H2,1-2H3. The molecule has 16 heavy (non-hydrogen) atoms. The first-order valence-corrected chi connectivity index (χ1v) is 6.49. The quantitative estimate of drug-likeness (QED) is 0.728. The Kier molecular flexibility index (Phi) is 6.82. The molecule has 1 heterocycles. The summed E-state index contributed by atoms with van der Waals surface area (Å²) in [6, 6.07) is 4.91. The van der Waals surface area contributed by atoms with Gasteiger partial charge < -0.3 is 5.32 Å². The van der Waals surface area contributed by atoms with Gasteiger partial charge in [-0.15, -0.1) is 0 Å². The molecule has 0 saturated heterocycles. The SMILES string of the molecule is CCCNC(CCC)CCc1ccncc1. The maximum absolute atomic E-state index is 4.04. The van der Waals surface area contributed by atoms with Gasteiger partial charge in [0.15, 0.2) is 0 Å². The third-order valence-electron chi connectivity index (χ3n) is 2.85. The lowest BCUT2D eigenvalue weighted by atomic mass is 10.0. The topological polar surface area (TPSA) is 24.9 Å². The lowest BCUT2D eigenvalue weighted by Crippen LogP contribution is -2.30. The highest BCUT2D eigenvalue weighted by Gasteiger charge is 2.06. The van der Waals surface area contributed by atoms with Crippen LogP contribution in [0.5, 0.6) is 0 Å². The van der Waals surface area contributed by atoms with Gasteiger partial charge in [0.25, 0.3) is 0 Å². The van der Waals surface area contributed by atoms with E-state index in [2.05, 4.69) is 36.3 Å². The average Bonchev–Trinajstić information content (AvgIpc) is 2.34. The van der Waals surface area contributed by atoms with E-state index < -0.39 is 0 Å². The van der Waals surface area contributed by atoms with Crippen LogP contribution in [0.3, 0.4) is 0 Å². The molecule has 2 nitrogen and oxygen atoms in total. The van der Waals surface area contributed by atoms with E-state index >= 15 is 0 Å². The van der Waals surface area contributed by atoms with Crippen LogP contribution in [-0.4, -0.2) is 17.6 Å². The molecule has 0 aliphatic carbocycles. The van der Waals surface area contributed by atoms with Crippen LogP contribution >= 0.6 is 0 Å². The Morgan fingerprint density at radius 3 is 2.50 bits per heavy atom. The summed E-state index contributed by atoms with van der Waals surface area (Å²) in [7, 11) is 0. The zero-order valence-corrected chi connectivity index (χ0v) is 10.6. The van der Waals surface area contributed by atoms with Gasteiger partial charge in [-0.2, -0.15) is 0 Å². The molecule has 0 bridgehead atoms. The van der Waals surface area contributed by atoms with Crippen LogP contribution in [0.25, 0.3) is 0 Å². The van der Waals surface area contributed by atoms with E-state index in [0.717, 1.165) is 13.0 Å². The van der Waals surface area contributed by atoms with Crippen molar-refractivity contribution in [3.63, 3.8) is 0 Å². The minimum Gasteiger partial charge on any atom is -0.314 e. The van der Waals surface area contributed by atoms with Gasteiger partial charge in [0.2, 0.25) is 0 Å². The van der Waals surface area contributed by atoms with Crippen molar-refractivity contribution in [3.05, 3.63) is 30.1 Å². The molecule has 1 aromatic rings. The molecular formula is C14H24N2. The third kappa shape index (κ3) is 5.26. The van der Waals surface area contributed by atoms with Crippen molar-refractivity contribution >= 4 is 0 Å². The summed E-state index contributed by atoms with van der Waals surface area (Å²) < 4.78 is 0. The Bertz CT molecular complexity index is 259. The second-order valence-corrected chi connectivity index (χ2v) is 4.33. The molecule has 0 fully saturated rings. The summed E-state index contributed by atoms with van der Waals surface area (Å²) in [6.07, 6.45) is 9.91. The Balaban J connectivity index is 2.31. The normalized spacial score (nSPS) is 12.6. The first-order chi connectivity index (χ1) is 7.86. The lowest BCUT2D eigenvalue weighted by Gasteiger charge is -2.17. The van der Waals surface area contributed by atoms with E-state index in [1.807, 2.05) is 12.4 Å². The molecule has 2 heteroatoms. The number of hydrogen-bond acceptors (Lipinski definition) is 2. The summed E-state index contributed by atoms with van der Waals surface area (Å²) >= 11 is 0. The van der Waals surface area contributed by atoms with Gasteiger partial charge in [-0.3, -0.25) is 4.98 Å². The highest BCUT2D eigenvalue weighted by molar-refractivity contribution is 5.09. The van der Waals surface area contributed by atoms with Crippen molar-refractivity contribution in [2.24, 2.45) is 0 Å². The zero-order valence-electron chi connectivity index (χ0n) is 10.6. The highest BCUT2D eigenvalue weighted by atomic mass is 14.9. The van der Waals surface area contributed by atoms with Crippen LogP contribution in [0, 0.1) is 0 Å². The Labute approximate surface area is 99.5 Å². The highest BCUT2D eigenvalue weighted by Crippen LogP contribution is 2.08. The molecular weight excluding hydrogens is 196 g/mol. The first-order valence-electron chi connectivity index (χ1n) is 6.49. The van der Waals surface area contributed by atoms with Gasteiger partial charge in [0.05, 0.1) is 0 Å². The molecule has 1 atom stereocenters. The molecule has 1 unspecified atom stereocenters. The second kappa shape index (κ2) is 8.28. The van der Waals surface area contributed by atoms with Crippen LogP contribution in [0.1, 0.15) is 45.1 Å². The molecule has 0 amide bonds. The van der Waals surface area contributed by atoms with Crippen molar-refractivity contribution in [3.8, 4) is 0 Å². The van der Waals surface area contributed by atoms with Crippen LogP contribution in [0.4, 0.5) is 0 Å². The molecule has 90 valence electrons. The van der Waals surface area contributed by atoms with Gasteiger partial charge in [0, 0.05) is 18.4 Å². The predicted molar refractivity (Wildman–Crippen MR) is 69.5 cm³/mol. The maximum atomic E-state index is 4.04. The smallest absolute Gasteiger partial charge is 0.0270 e. The van der Waals surface area contributed by atoms with Crippen LogP contribution in [0.15, 0.2) is 24.5 Å². The van der Waals surface area contributed by atoms with E-state index in [1.54, 1.807) is 0 Å². The predicted octanol–water partition coefficient (Wildman–Crippen LogP) is 3.18. The van der Waals surface area contributed by atoms with Crippen molar-refractivity contribution < 1.29 is 0 Å². The lowest BCUT2D eigenvalue weighted by molar-refractivity contribution is 0.449. The number of aryl methyl sites for hydroxylation is 1. The molecule has 0 radical (unpaired) electrons. The van der Waals surface area contributed by atoms with Gasteiger partial charge >= 0.3 is 0 Å². The van der Waals surface area contributed by atoms with Crippen LogP contribution in [-0.2, 0) is 6.42 Å². The second-order valence-electron chi connectivity index (χ2n) is 4.33. The van der Waals surface area contributed by atoms with Gasteiger partial charge in [-0.25, -0.2) is 0 Å². The summed E-state index contributed by atoms with van der Waals surface area (Å²) in [5, 5.41) is 3.62. The monoisotopic (exact) mass is 220 g/mol. The van der Waals surface area contributed by atoms with Crippen molar-refractivity contribution in [1.29, 1.82) is 0 Å². The number of nitrogens with one attached hydrogen (secondary N) is 1. The molecule has 0 aromatic carbocycles. The molecule has 0 saturated carbocycles. The summed E-state index contributed by atoms with van der Waals surface area (Å²) in [5.74, 6) is 0. The Morgan fingerprint density at radius 2 is 1.88 bits per heavy atom. The first kappa shape index (κ1) is 13.2. The van der Waals surface area contributed by atoms with E-state index in [-0.39, 0.29) is 0 Å². The molecule has 0 spiro atoms. The van der Waals surface area contributed by atoms with Gasteiger partial charge in [-0.1, -0.05) is 20.3 Å². The van der Waals surface area contributed by atoms with E-state index in [9.17, 15) is 0 Å². The third-order valence-corrected chi connectivity index (χ3v) is 2.85. The molecule has 1 N–H and O–H groups in total. The van der Waals surface area contributed by atoms with E-state index in [1.165, 1.54) is 31.2 Å². The fourth-order valence-electron chi connectivity index (χ4n) is 1.94.